The van der Waals surface area contributed by atoms with Crippen molar-refractivity contribution < 1.29 is 0 Å². The molecular formula is C14H21ClN2. The molecule has 0 radical (unpaired) electrons. The molecule has 0 spiro atoms. The van der Waals surface area contributed by atoms with Crippen LogP contribution in [0.1, 0.15) is 50.6 Å². The van der Waals surface area contributed by atoms with E-state index in [4.69, 9.17) is 11.6 Å². The third-order valence-electron chi connectivity index (χ3n) is 3.38. The summed E-state index contributed by atoms with van der Waals surface area (Å²) in [6.07, 6.45) is 10.1. The Balaban J connectivity index is 1.99. The highest BCUT2D eigenvalue weighted by Crippen LogP contribution is 2.36. The molecule has 1 N–H and O–H groups in total. The molecule has 3 heteroatoms. The van der Waals surface area contributed by atoms with Gasteiger partial charge in [-0.15, -0.1) is 0 Å². The molecule has 94 valence electrons. The Morgan fingerprint density at radius 1 is 1.53 bits per heavy atom. The first-order valence-corrected chi connectivity index (χ1v) is 7.02. The zero-order valence-corrected chi connectivity index (χ0v) is 11.2. The Labute approximate surface area is 109 Å². The van der Waals surface area contributed by atoms with Gasteiger partial charge in [0.2, 0.25) is 0 Å². The van der Waals surface area contributed by atoms with Crippen molar-refractivity contribution in [3.05, 3.63) is 29.0 Å². The highest BCUT2D eigenvalue weighted by atomic mass is 35.5. The molecule has 1 heterocycles. The second-order valence-corrected chi connectivity index (χ2v) is 5.33. The summed E-state index contributed by atoms with van der Waals surface area (Å²) < 4.78 is 0. The van der Waals surface area contributed by atoms with Gasteiger partial charge >= 0.3 is 0 Å². The SMILES string of the molecule is CCCNC(CCC1CC1)c1ccncc1Cl. The molecule has 0 aromatic carbocycles. The minimum atomic E-state index is 0.394. The summed E-state index contributed by atoms with van der Waals surface area (Å²) in [6, 6.07) is 2.44. The van der Waals surface area contributed by atoms with Gasteiger partial charge in [0.15, 0.2) is 0 Å². The van der Waals surface area contributed by atoms with E-state index in [9.17, 15) is 0 Å². The molecule has 1 fully saturated rings. The Bertz CT molecular complexity index is 350. The predicted octanol–water partition coefficient (Wildman–Crippen LogP) is 3.97. The van der Waals surface area contributed by atoms with Gasteiger partial charge in [0, 0.05) is 18.4 Å². The zero-order valence-electron chi connectivity index (χ0n) is 10.5. The lowest BCUT2D eigenvalue weighted by Crippen LogP contribution is -2.22. The summed E-state index contributed by atoms with van der Waals surface area (Å²) in [7, 11) is 0. The second kappa shape index (κ2) is 6.36. The van der Waals surface area contributed by atoms with Gasteiger partial charge in [-0.25, -0.2) is 0 Å². The molecule has 2 rings (SSSR count). The molecule has 2 nitrogen and oxygen atoms in total. The van der Waals surface area contributed by atoms with Crippen LogP contribution in [0.15, 0.2) is 18.5 Å². The van der Waals surface area contributed by atoms with Gasteiger partial charge < -0.3 is 5.32 Å². The molecule has 1 unspecified atom stereocenters. The fourth-order valence-corrected chi connectivity index (χ4v) is 2.41. The van der Waals surface area contributed by atoms with Crippen molar-refractivity contribution in [1.82, 2.24) is 10.3 Å². The van der Waals surface area contributed by atoms with E-state index in [2.05, 4.69) is 17.2 Å². The first-order valence-electron chi connectivity index (χ1n) is 6.64. The van der Waals surface area contributed by atoms with Crippen LogP contribution in [0.3, 0.4) is 0 Å². The summed E-state index contributed by atoms with van der Waals surface area (Å²) >= 11 is 6.23. The number of rotatable bonds is 7. The fourth-order valence-electron chi connectivity index (χ4n) is 2.16. The highest BCUT2D eigenvalue weighted by Gasteiger charge is 2.23. The molecular weight excluding hydrogens is 232 g/mol. The molecule has 17 heavy (non-hydrogen) atoms. The average molecular weight is 253 g/mol. The monoisotopic (exact) mass is 252 g/mol. The standard InChI is InChI=1S/C14H21ClN2/c1-2-8-17-14(6-5-11-3-4-11)12-7-9-16-10-13(12)15/h7,9-11,14,17H,2-6,8H2,1H3. The molecule has 1 aromatic rings. The number of hydrogen-bond acceptors (Lipinski definition) is 2. The van der Waals surface area contributed by atoms with E-state index in [1.807, 2.05) is 12.3 Å². The van der Waals surface area contributed by atoms with Crippen molar-refractivity contribution in [2.75, 3.05) is 6.54 Å². The molecule has 1 aliphatic rings. The van der Waals surface area contributed by atoms with Crippen LogP contribution in [0.4, 0.5) is 0 Å². The summed E-state index contributed by atoms with van der Waals surface area (Å²) in [5.74, 6) is 0.974. The maximum Gasteiger partial charge on any atom is 0.0637 e. The van der Waals surface area contributed by atoms with Crippen molar-refractivity contribution in [1.29, 1.82) is 0 Å². The van der Waals surface area contributed by atoms with Crippen LogP contribution >= 0.6 is 11.6 Å². The summed E-state index contributed by atoms with van der Waals surface area (Å²) in [5.41, 5.74) is 1.20. The molecule has 1 aliphatic carbocycles. The Morgan fingerprint density at radius 2 is 2.35 bits per heavy atom. The van der Waals surface area contributed by atoms with Gasteiger partial charge in [0.1, 0.15) is 0 Å². The molecule has 1 saturated carbocycles. The second-order valence-electron chi connectivity index (χ2n) is 4.92. The third-order valence-corrected chi connectivity index (χ3v) is 3.70. The number of halogens is 1. The highest BCUT2D eigenvalue weighted by molar-refractivity contribution is 6.31. The maximum absolute atomic E-state index is 6.23. The molecule has 0 amide bonds. The van der Waals surface area contributed by atoms with Crippen molar-refractivity contribution in [3.8, 4) is 0 Å². The topological polar surface area (TPSA) is 24.9 Å². The lowest BCUT2D eigenvalue weighted by Gasteiger charge is -2.19. The van der Waals surface area contributed by atoms with Crippen molar-refractivity contribution in [3.63, 3.8) is 0 Å². The van der Waals surface area contributed by atoms with Crippen LogP contribution in [0, 0.1) is 5.92 Å². The van der Waals surface area contributed by atoms with Gasteiger partial charge in [0.25, 0.3) is 0 Å². The van der Waals surface area contributed by atoms with E-state index in [0.717, 1.165) is 23.9 Å². The predicted molar refractivity (Wildman–Crippen MR) is 72.2 cm³/mol. The molecule has 1 atom stereocenters. The lowest BCUT2D eigenvalue weighted by atomic mass is 10.0. The number of hydrogen-bond donors (Lipinski definition) is 1. The zero-order chi connectivity index (χ0) is 12.1. The van der Waals surface area contributed by atoms with E-state index in [1.54, 1.807) is 6.20 Å². The summed E-state index contributed by atoms with van der Waals surface area (Å²) in [6.45, 7) is 3.24. The van der Waals surface area contributed by atoms with E-state index < -0.39 is 0 Å². The van der Waals surface area contributed by atoms with Crippen molar-refractivity contribution >= 4 is 11.6 Å². The normalized spacial score (nSPS) is 17.1. The average Bonchev–Trinajstić information content (AvgIpc) is 3.15. The van der Waals surface area contributed by atoms with Crippen LogP contribution in [0.5, 0.6) is 0 Å². The summed E-state index contributed by atoms with van der Waals surface area (Å²) in [4.78, 5) is 4.06. The van der Waals surface area contributed by atoms with Gasteiger partial charge in [-0.1, -0.05) is 31.4 Å². The molecule has 1 aromatic heterocycles. The van der Waals surface area contributed by atoms with E-state index in [-0.39, 0.29) is 0 Å². The minimum absolute atomic E-state index is 0.394. The lowest BCUT2D eigenvalue weighted by molar-refractivity contribution is 0.470. The number of nitrogens with zero attached hydrogens (tertiary/aromatic N) is 1. The Kier molecular flexibility index (Phi) is 4.81. The van der Waals surface area contributed by atoms with Crippen LogP contribution in [-0.2, 0) is 0 Å². The first-order chi connectivity index (χ1) is 8.31. The van der Waals surface area contributed by atoms with E-state index in [0.29, 0.717) is 6.04 Å². The Morgan fingerprint density at radius 3 is 3.00 bits per heavy atom. The molecule has 0 aliphatic heterocycles. The molecule has 0 saturated heterocycles. The third kappa shape index (κ3) is 3.97. The van der Waals surface area contributed by atoms with Crippen molar-refractivity contribution in [2.45, 2.75) is 45.1 Å². The minimum Gasteiger partial charge on any atom is -0.310 e. The van der Waals surface area contributed by atoms with Gasteiger partial charge in [-0.3, -0.25) is 4.98 Å². The summed E-state index contributed by atoms with van der Waals surface area (Å²) in [5, 5.41) is 4.39. The quantitative estimate of drug-likeness (QED) is 0.794. The number of aromatic nitrogens is 1. The first kappa shape index (κ1) is 12.8. The van der Waals surface area contributed by atoms with Crippen LogP contribution < -0.4 is 5.32 Å². The van der Waals surface area contributed by atoms with Gasteiger partial charge in [-0.2, -0.15) is 0 Å². The fraction of sp³-hybridized carbons (Fsp3) is 0.643. The van der Waals surface area contributed by atoms with Crippen LogP contribution in [0.25, 0.3) is 0 Å². The Hall–Kier alpha value is -0.600. The van der Waals surface area contributed by atoms with Crippen LogP contribution in [0.2, 0.25) is 5.02 Å². The van der Waals surface area contributed by atoms with Gasteiger partial charge in [0.05, 0.1) is 5.02 Å². The van der Waals surface area contributed by atoms with E-state index >= 15 is 0 Å². The van der Waals surface area contributed by atoms with Crippen LogP contribution in [-0.4, -0.2) is 11.5 Å². The van der Waals surface area contributed by atoms with Crippen molar-refractivity contribution in [2.24, 2.45) is 5.92 Å². The molecule has 0 bridgehead atoms. The maximum atomic E-state index is 6.23. The largest absolute Gasteiger partial charge is 0.310 e. The van der Waals surface area contributed by atoms with Gasteiger partial charge in [-0.05, 0) is 43.4 Å². The number of pyridine rings is 1. The van der Waals surface area contributed by atoms with E-state index in [1.165, 1.54) is 31.2 Å². The number of nitrogens with one attached hydrogen (secondary N) is 1. The smallest absolute Gasteiger partial charge is 0.0637 e.